The Kier molecular flexibility index (Phi) is 3.97. The zero-order valence-electron chi connectivity index (χ0n) is 9.97. The molecule has 1 aliphatic rings. The van der Waals surface area contributed by atoms with Gasteiger partial charge in [-0.3, -0.25) is 4.79 Å². The molecule has 0 saturated carbocycles. The molecule has 98 valence electrons. The second-order valence-electron chi connectivity index (χ2n) is 4.47. The molecule has 1 amide bonds. The van der Waals surface area contributed by atoms with Crippen LogP contribution in [0.1, 0.15) is 29.6 Å². The SMILES string of the molecule is O=C(c1c(O)cccc1O)N1CCCCC1CCl. The van der Waals surface area contributed by atoms with Crippen LogP contribution in [0.3, 0.4) is 0 Å². The minimum atomic E-state index is -0.351. The molecular formula is C13H16ClNO3. The van der Waals surface area contributed by atoms with Crippen molar-refractivity contribution in [2.24, 2.45) is 0 Å². The van der Waals surface area contributed by atoms with Crippen LogP contribution in [0.15, 0.2) is 18.2 Å². The monoisotopic (exact) mass is 269 g/mol. The molecule has 2 N–H and O–H groups in total. The standard InChI is InChI=1S/C13H16ClNO3/c14-8-9-4-1-2-7-15(9)13(18)12-10(16)5-3-6-11(12)17/h3,5-6,9,16-17H,1-2,4,7-8H2. The van der Waals surface area contributed by atoms with Gasteiger partial charge in [0.1, 0.15) is 17.1 Å². The van der Waals surface area contributed by atoms with E-state index in [-0.39, 0.29) is 29.0 Å². The normalized spacial score (nSPS) is 19.8. The highest BCUT2D eigenvalue weighted by Gasteiger charge is 2.29. The first-order valence-electron chi connectivity index (χ1n) is 6.03. The van der Waals surface area contributed by atoms with Gasteiger partial charge in [-0.15, -0.1) is 11.6 Å². The van der Waals surface area contributed by atoms with E-state index in [4.69, 9.17) is 11.6 Å². The molecule has 5 heteroatoms. The number of rotatable bonds is 2. The van der Waals surface area contributed by atoms with Crippen molar-refractivity contribution in [3.05, 3.63) is 23.8 Å². The molecule has 2 rings (SSSR count). The molecule has 1 unspecified atom stereocenters. The third kappa shape index (κ3) is 2.38. The maximum absolute atomic E-state index is 12.4. The number of benzene rings is 1. The third-order valence-electron chi connectivity index (χ3n) is 3.30. The summed E-state index contributed by atoms with van der Waals surface area (Å²) in [5.74, 6) is -0.367. The summed E-state index contributed by atoms with van der Waals surface area (Å²) in [4.78, 5) is 14.0. The van der Waals surface area contributed by atoms with Gasteiger partial charge in [-0.25, -0.2) is 0 Å². The lowest BCUT2D eigenvalue weighted by atomic mass is 10.0. The molecule has 18 heavy (non-hydrogen) atoms. The summed E-state index contributed by atoms with van der Waals surface area (Å²) in [6, 6.07) is 4.27. The average molecular weight is 270 g/mol. The van der Waals surface area contributed by atoms with E-state index < -0.39 is 0 Å². The highest BCUT2D eigenvalue weighted by molar-refractivity contribution is 6.18. The number of likely N-dealkylation sites (tertiary alicyclic amines) is 1. The van der Waals surface area contributed by atoms with Gasteiger partial charge in [0.25, 0.3) is 5.91 Å². The first kappa shape index (κ1) is 13.0. The minimum Gasteiger partial charge on any atom is -0.507 e. The number of phenols is 2. The zero-order chi connectivity index (χ0) is 13.1. The molecule has 1 aliphatic heterocycles. The molecule has 1 fully saturated rings. The molecule has 1 heterocycles. The van der Waals surface area contributed by atoms with E-state index in [0.717, 1.165) is 19.3 Å². The van der Waals surface area contributed by atoms with Crippen molar-refractivity contribution in [1.82, 2.24) is 4.90 Å². The number of hydrogen-bond acceptors (Lipinski definition) is 3. The summed E-state index contributed by atoms with van der Waals surface area (Å²) in [5.41, 5.74) is -0.0329. The van der Waals surface area contributed by atoms with Gasteiger partial charge in [0, 0.05) is 18.5 Å². The van der Waals surface area contributed by atoms with Crippen LogP contribution in [-0.4, -0.2) is 39.5 Å². The molecule has 1 saturated heterocycles. The van der Waals surface area contributed by atoms with Gasteiger partial charge in [-0.2, -0.15) is 0 Å². The van der Waals surface area contributed by atoms with Crippen molar-refractivity contribution < 1.29 is 15.0 Å². The van der Waals surface area contributed by atoms with Gasteiger partial charge in [-0.1, -0.05) is 6.07 Å². The van der Waals surface area contributed by atoms with Crippen LogP contribution in [0, 0.1) is 0 Å². The second kappa shape index (κ2) is 5.48. The Balaban J connectivity index is 2.30. The molecule has 0 spiro atoms. The fraction of sp³-hybridized carbons (Fsp3) is 0.462. The molecule has 0 aliphatic carbocycles. The number of halogens is 1. The molecular weight excluding hydrogens is 254 g/mol. The van der Waals surface area contributed by atoms with Crippen LogP contribution < -0.4 is 0 Å². The van der Waals surface area contributed by atoms with Gasteiger partial charge in [0.05, 0.1) is 0 Å². The number of hydrogen-bond donors (Lipinski definition) is 2. The molecule has 0 aromatic heterocycles. The number of alkyl halides is 1. The van der Waals surface area contributed by atoms with E-state index in [1.54, 1.807) is 4.90 Å². The Hall–Kier alpha value is -1.42. The Morgan fingerprint density at radius 1 is 1.33 bits per heavy atom. The summed E-state index contributed by atoms with van der Waals surface area (Å²) in [6.07, 6.45) is 2.84. The van der Waals surface area contributed by atoms with Gasteiger partial charge in [0.2, 0.25) is 0 Å². The number of aromatic hydroxyl groups is 2. The van der Waals surface area contributed by atoms with Crippen LogP contribution in [0.25, 0.3) is 0 Å². The summed E-state index contributed by atoms with van der Waals surface area (Å²) in [5, 5.41) is 19.4. The Labute approximate surface area is 111 Å². The number of nitrogens with zero attached hydrogens (tertiary/aromatic N) is 1. The maximum atomic E-state index is 12.4. The van der Waals surface area contributed by atoms with Crippen LogP contribution in [-0.2, 0) is 0 Å². The largest absolute Gasteiger partial charge is 0.507 e. The van der Waals surface area contributed by atoms with E-state index in [2.05, 4.69) is 0 Å². The minimum absolute atomic E-state index is 0.0214. The van der Waals surface area contributed by atoms with Crippen LogP contribution >= 0.6 is 11.6 Å². The number of piperidine rings is 1. The summed E-state index contributed by atoms with van der Waals surface area (Å²) in [6.45, 7) is 0.615. The highest BCUT2D eigenvalue weighted by Crippen LogP contribution is 2.30. The Morgan fingerprint density at radius 2 is 2.00 bits per heavy atom. The van der Waals surface area contributed by atoms with Gasteiger partial charge in [-0.05, 0) is 31.4 Å². The molecule has 1 aromatic rings. The van der Waals surface area contributed by atoms with E-state index in [0.29, 0.717) is 12.4 Å². The quantitative estimate of drug-likeness (QED) is 0.810. The number of carbonyl (C=O) groups is 1. The van der Waals surface area contributed by atoms with Crippen molar-refractivity contribution in [3.63, 3.8) is 0 Å². The summed E-state index contributed by atoms with van der Waals surface area (Å²) < 4.78 is 0. The molecule has 0 radical (unpaired) electrons. The summed E-state index contributed by atoms with van der Waals surface area (Å²) in [7, 11) is 0. The van der Waals surface area contributed by atoms with Gasteiger partial charge >= 0.3 is 0 Å². The predicted molar refractivity (Wildman–Crippen MR) is 69.2 cm³/mol. The summed E-state index contributed by atoms with van der Waals surface area (Å²) >= 11 is 5.87. The van der Waals surface area contributed by atoms with Crippen LogP contribution in [0.5, 0.6) is 11.5 Å². The first-order chi connectivity index (χ1) is 8.65. The van der Waals surface area contributed by atoms with Crippen LogP contribution in [0.4, 0.5) is 0 Å². The molecule has 4 nitrogen and oxygen atoms in total. The molecule has 1 aromatic carbocycles. The number of phenolic OH excluding ortho intramolecular Hbond substituents is 2. The Morgan fingerprint density at radius 3 is 2.61 bits per heavy atom. The predicted octanol–water partition coefficient (Wildman–Crippen LogP) is 2.33. The van der Waals surface area contributed by atoms with Crippen molar-refractivity contribution in [2.45, 2.75) is 25.3 Å². The first-order valence-corrected chi connectivity index (χ1v) is 6.56. The van der Waals surface area contributed by atoms with Crippen molar-refractivity contribution in [3.8, 4) is 11.5 Å². The highest BCUT2D eigenvalue weighted by atomic mass is 35.5. The van der Waals surface area contributed by atoms with E-state index in [9.17, 15) is 15.0 Å². The fourth-order valence-electron chi connectivity index (χ4n) is 2.32. The third-order valence-corrected chi connectivity index (χ3v) is 3.66. The molecule has 0 bridgehead atoms. The van der Waals surface area contributed by atoms with Crippen molar-refractivity contribution >= 4 is 17.5 Å². The van der Waals surface area contributed by atoms with Crippen molar-refractivity contribution in [1.29, 1.82) is 0 Å². The number of carbonyl (C=O) groups excluding carboxylic acids is 1. The average Bonchev–Trinajstić information content (AvgIpc) is 2.38. The lowest BCUT2D eigenvalue weighted by Crippen LogP contribution is -2.44. The lowest BCUT2D eigenvalue weighted by molar-refractivity contribution is 0.0633. The molecule has 1 atom stereocenters. The van der Waals surface area contributed by atoms with Gasteiger partial charge in [0.15, 0.2) is 0 Å². The van der Waals surface area contributed by atoms with Gasteiger partial charge < -0.3 is 15.1 Å². The van der Waals surface area contributed by atoms with E-state index in [1.165, 1.54) is 18.2 Å². The van der Waals surface area contributed by atoms with E-state index >= 15 is 0 Å². The zero-order valence-corrected chi connectivity index (χ0v) is 10.7. The smallest absolute Gasteiger partial charge is 0.261 e. The fourth-order valence-corrected chi connectivity index (χ4v) is 2.64. The van der Waals surface area contributed by atoms with Crippen LogP contribution in [0.2, 0.25) is 0 Å². The topological polar surface area (TPSA) is 60.8 Å². The number of amides is 1. The second-order valence-corrected chi connectivity index (χ2v) is 4.78. The van der Waals surface area contributed by atoms with Crippen molar-refractivity contribution in [2.75, 3.05) is 12.4 Å². The Bertz CT molecular complexity index is 430. The van der Waals surface area contributed by atoms with E-state index in [1.807, 2.05) is 0 Å². The lowest BCUT2D eigenvalue weighted by Gasteiger charge is -2.34. The maximum Gasteiger partial charge on any atom is 0.261 e.